The highest BCUT2D eigenvalue weighted by Crippen LogP contribution is 2.30. The molecule has 0 aromatic heterocycles. The molecule has 0 bridgehead atoms. The first-order valence-electron chi connectivity index (χ1n) is 50.1. The third kappa shape index (κ3) is 44.5. The number of benzene rings is 13. The molecular weight excluding hydrogens is 1780 g/mol. The van der Waals surface area contributed by atoms with Crippen LogP contribution in [-0.2, 0) is 108 Å². The van der Waals surface area contributed by atoms with Crippen molar-refractivity contribution in [2.75, 3.05) is 68.6 Å². The number of allylic oxidation sites excluding steroid dienone is 2. The van der Waals surface area contributed by atoms with Crippen LogP contribution in [0.4, 0.5) is 17.1 Å². The van der Waals surface area contributed by atoms with Gasteiger partial charge in [-0.3, -0.25) is 0 Å². The molecule has 26 rings (SSSR count). The topological polar surface area (TPSA) is 85.0 Å². The second kappa shape index (κ2) is 77.0. The fraction of sp³-hybridized carbons (Fsp3) is 0.377. The SMILES string of the molecule is C.C.C.C.C.C.C.C.C.C.C.C.C.C1=Cc2ccccc2CC1.C1=Cc2ccccc2CCC1.C1=Cc2ccccc2NC1.C1=Cc2ccccc2OC1.c1ccc2c(c1)CCC2.c1ccc2c(c1)CCCC2.c1ccc2c(c1)CCCCC2.c1ccc2c(c1)CCCCN2.c1ccc2c(c1)CCCCO2.c1ccc2c(c1)CCCN2.c1ccc2c(c1)CCCO2.c1ccc2c(c1)CCNC2.c1ccc2c(c1)CCOC2. The molecule has 8 heteroatoms. The average molecular weight is 1970 g/mol. The molecule has 0 fully saturated rings. The van der Waals surface area contributed by atoms with E-state index in [0.29, 0.717) is 6.61 Å². The number of hydrogen-bond donors (Lipinski definition) is 4. The Morgan fingerprint density at radius 2 is 0.527 bits per heavy atom. The number of aryl methyl sites for hydroxylation is 12. The van der Waals surface area contributed by atoms with Crippen molar-refractivity contribution in [2.45, 2.75) is 296 Å². The summed E-state index contributed by atoms with van der Waals surface area (Å²) in [5.74, 6) is 3.16. The third-order valence-electron chi connectivity index (χ3n) is 26.1. The standard InChI is InChI=1S/C11H14.C11H12.C10H13N.C10H12O.C10H12.C10H10.C9H11N.C9H9N.C9H11N.C9H10O.C9H8O.C9H10O.C9H10.13CH4/c2*1-2-6-10-8-4-5-9-11(10)7-3-1;2*1-2-7-10-9(5-1)6-3-4-8-11-10;2*1-2-6-10-8-4-3-7-9(10)5-1;2*1-2-6-9-8(4-1)5-3-7-10-9;1-2-4-9-7-10-6-5-8(9)3-1;2*1-2-6-9-8(4-1)5-3-7-10-9;1-2-4-9-7-10-6-5-8(9)3-1;1-2-5-9-7-3-6-8(9)4-1;;;;;;;;;;;;;/h4-5,8-9H,1-3,6-7H2;2,4-6,8-9H,1,3,7H2;1-2,5,7,11H,3-4,6,8H2;1-2,5,7H,3-4,6,8H2;1-2,5-6H,3-4,7-8H2;1-3,5-7H,4,8H2;1-2,4,6,10H,3,5,7H2;1-6,10H,7H2;1-4,10H,5-7H2;1-2,4,6H,3,5,7H2;1-6H,7H2;1-4H,5-7H2;1-2,4-5H,3,6-7H2;13*1H4. The number of hydrogen-bond acceptors (Lipinski definition) is 8. The molecule has 13 aromatic carbocycles. The number of anilines is 3. The fourth-order valence-corrected chi connectivity index (χ4v) is 18.6. The summed E-state index contributed by atoms with van der Waals surface area (Å²) in [5, 5.41) is 13.4. The van der Waals surface area contributed by atoms with E-state index in [1.54, 1.807) is 33.4 Å². The lowest BCUT2D eigenvalue weighted by Crippen LogP contribution is -2.23. The quantitative estimate of drug-likeness (QED) is 0.112. The Morgan fingerprint density at radius 1 is 0.185 bits per heavy atom. The van der Waals surface area contributed by atoms with Crippen LogP contribution < -0.4 is 35.5 Å². The Bertz CT molecular complexity index is 4950. The first kappa shape index (κ1) is 132. The van der Waals surface area contributed by atoms with Gasteiger partial charge in [0.15, 0.2) is 0 Å². The van der Waals surface area contributed by atoms with Crippen LogP contribution in [0.15, 0.2) is 340 Å². The molecule has 0 saturated heterocycles. The minimum Gasteiger partial charge on any atom is -0.493 e. The van der Waals surface area contributed by atoms with Crippen molar-refractivity contribution in [1.29, 1.82) is 0 Å². The van der Waals surface area contributed by atoms with E-state index in [0.717, 1.165) is 89.2 Å². The molecule has 0 saturated carbocycles. The van der Waals surface area contributed by atoms with E-state index < -0.39 is 0 Å². The maximum atomic E-state index is 5.55. The zero-order valence-electron chi connectivity index (χ0n) is 78.9. The van der Waals surface area contributed by atoms with Gasteiger partial charge in [0.25, 0.3) is 0 Å². The van der Waals surface area contributed by atoms with Gasteiger partial charge in [0.1, 0.15) is 23.9 Å². The van der Waals surface area contributed by atoms with Gasteiger partial charge in [-0.15, -0.1) is 0 Å². The number of fused-ring (bicyclic) bond motifs is 13. The summed E-state index contributed by atoms with van der Waals surface area (Å²) >= 11 is 0. The van der Waals surface area contributed by atoms with E-state index >= 15 is 0 Å². The highest BCUT2D eigenvalue weighted by Gasteiger charge is 2.15. The monoisotopic (exact) mass is 1970 g/mol. The highest BCUT2D eigenvalue weighted by molar-refractivity contribution is 5.70. The van der Waals surface area contributed by atoms with E-state index in [-0.39, 0.29) is 96.5 Å². The van der Waals surface area contributed by atoms with Crippen LogP contribution in [0.5, 0.6) is 17.2 Å². The van der Waals surface area contributed by atoms with Crippen molar-refractivity contribution < 1.29 is 18.9 Å². The molecule has 790 valence electrons. The average Bonchev–Trinajstić information content (AvgIpc) is 1.82. The Hall–Kier alpha value is -12.5. The number of ether oxygens (including phenoxy) is 4. The van der Waals surface area contributed by atoms with Crippen molar-refractivity contribution >= 4 is 41.4 Å². The zero-order chi connectivity index (χ0) is 90.7. The lowest BCUT2D eigenvalue weighted by atomic mass is 9.92. The summed E-state index contributed by atoms with van der Waals surface area (Å²) in [6.45, 7) is 9.58. The van der Waals surface area contributed by atoms with Gasteiger partial charge in [-0.1, -0.05) is 425 Å². The molecule has 8 heterocycles. The number of nitrogens with one attached hydrogen (secondary N) is 4. The van der Waals surface area contributed by atoms with Gasteiger partial charge < -0.3 is 40.2 Å². The van der Waals surface area contributed by atoms with Gasteiger partial charge in [0, 0.05) is 48.8 Å². The maximum Gasteiger partial charge on any atom is 0.126 e. The molecular formula is C138H194N4O4. The van der Waals surface area contributed by atoms with Crippen molar-refractivity contribution in [2.24, 2.45) is 0 Å². The summed E-state index contributed by atoms with van der Waals surface area (Å²) in [6, 6.07) is 111. The van der Waals surface area contributed by atoms with Crippen molar-refractivity contribution in [3.05, 3.63) is 451 Å². The number of para-hydroxylation sites is 6. The predicted octanol–water partition coefficient (Wildman–Crippen LogP) is 37.8. The highest BCUT2D eigenvalue weighted by atomic mass is 16.5. The van der Waals surface area contributed by atoms with E-state index in [1.807, 2.05) is 54.6 Å². The van der Waals surface area contributed by atoms with Crippen LogP contribution in [0.2, 0.25) is 0 Å². The van der Waals surface area contributed by atoms with Gasteiger partial charge in [0.05, 0.1) is 26.4 Å². The van der Waals surface area contributed by atoms with Gasteiger partial charge in [-0.05, 0) is 335 Å². The predicted molar refractivity (Wildman–Crippen MR) is 652 cm³/mol. The Labute approximate surface area is 892 Å². The molecule has 13 aliphatic rings. The van der Waals surface area contributed by atoms with Crippen LogP contribution in [-0.4, -0.2) is 52.6 Å². The van der Waals surface area contributed by atoms with Gasteiger partial charge in [-0.2, -0.15) is 0 Å². The molecule has 0 amide bonds. The van der Waals surface area contributed by atoms with Crippen molar-refractivity contribution in [3.63, 3.8) is 0 Å². The van der Waals surface area contributed by atoms with Gasteiger partial charge in [-0.25, -0.2) is 0 Å². The molecule has 0 atom stereocenters. The van der Waals surface area contributed by atoms with E-state index in [4.69, 9.17) is 18.9 Å². The summed E-state index contributed by atoms with van der Waals surface area (Å²) in [7, 11) is 0. The summed E-state index contributed by atoms with van der Waals surface area (Å²) in [4.78, 5) is 0. The maximum absolute atomic E-state index is 5.55. The molecule has 5 aliphatic carbocycles. The molecule has 8 aliphatic heterocycles. The lowest BCUT2D eigenvalue weighted by molar-refractivity contribution is 0.111. The minimum atomic E-state index is 0. The third-order valence-corrected chi connectivity index (χ3v) is 26.1. The van der Waals surface area contributed by atoms with Crippen LogP contribution >= 0.6 is 0 Å². The van der Waals surface area contributed by atoms with E-state index in [2.05, 4.69) is 331 Å². The second-order valence-electron chi connectivity index (χ2n) is 35.7. The first-order valence-corrected chi connectivity index (χ1v) is 50.1. The molecule has 4 N–H and O–H groups in total. The van der Waals surface area contributed by atoms with Crippen LogP contribution in [0.3, 0.4) is 0 Å². The largest absolute Gasteiger partial charge is 0.493 e. The lowest BCUT2D eigenvalue weighted by Gasteiger charge is -2.16. The molecule has 13 aromatic rings. The van der Waals surface area contributed by atoms with Crippen LogP contribution in [0, 0.1) is 0 Å². The van der Waals surface area contributed by atoms with Crippen molar-refractivity contribution in [1.82, 2.24) is 5.32 Å². The summed E-state index contributed by atoms with van der Waals surface area (Å²) in [6.07, 6.45) is 54.3. The summed E-state index contributed by atoms with van der Waals surface area (Å²) < 4.78 is 21.6. The summed E-state index contributed by atoms with van der Waals surface area (Å²) in [5.41, 5.74) is 33.1. The van der Waals surface area contributed by atoms with Gasteiger partial charge >= 0.3 is 0 Å². The molecule has 0 unspecified atom stereocenters. The Balaban J connectivity index is 0.000000785. The van der Waals surface area contributed by atoms with E-state index in [1.165, 1.54) is 268 Å². The molecule has 0 spiro atoms. The second-order valence-corrected chi connectivity index (χ2v) is 35.7. The Kier molecular flexibility index (Phi) is 69.4. The molecule has 0 radical (unpaired) electrons. The first-order chi connectivity index (χ1) is 66.1. The minimum absolute atomic E-state index is 0. The van der Waals surface area contributed by atoms with E-state index in [9.17, 15) is 0 Å². The van der Waals surface area contributed by atoms with Crippen molar-refractivity contribution in [3.8, 4) is 17.2 Å². The zero-order valence-corrected chi connectivity index (χ0v) is 78.9. The smallest absolute Gasteiger partial charge is 0.126 e. The van der Waals surface area contributed by atoms with Crippen LogP contribution in [0.1, 0.15) is 304 Å². The number of rotatable bonds is 0. The van der Waals surface area contributed by atoms with Gasteiger partial charge in [0.2, 0.25) is 0 Å². The van der Waals surface area contributed by atoms with Crippen LogP contribution in [0.25, 0.3) is 24.3 Å². The molecule has 8 nitrogen and oxygen atoms in total. The molecule has 146 heavy (non-hydrogen) atoms. The normalized spacial score (nSPS) is 14.3. The Morgan fingerprint density at radius 3 is 1.03 bits per heavy atom. The fourth-order valence-electron chi connectivity index (χ4n) is 18.6.